The third kappa shape index (κ3) is 3.46. The monoisotopic (exact) mass is 274 g/mol. The van der Waals surface area contributed by atoms with Gasteiger partial charge in [0.25, 0.3) is 0 Å². The maximum atomic E-state index is 12.7. The van der Waals surface area contributed by atoms with Crippen molar-refractivity contribution in [2.45, 2.75) is 25.1 Å². The molecule has 2 rings (SSSR count). The van der Waals surface area contributed by atoms with Crippen LogP contribution in [-0.2, 0) is 10.9 Å². The average Bonchev–Trinajstić information content (AvgIpc) is 2.40. The summed E-state index contributed by atoms with van der Waals surface area (Å²) in [4.78, 5) is 0. The van der Waals surface area contributed by atoms with Gasteiger partial charge in [0.15, 0.2) is 0 Å². The van der Waals surface area contributed by atoms with Crippen LogP contribution in [0.1, 0.15) is 30.0 Å². The lowest BCUT2D eigenvalue weighted by Gasteiger charge is -2.30. The topological polar surface area (TPSA) is 47.3 Å². The molecule has 2 atom stereocenters. The minimum absolute atomic E-state index is 0.0993. The second-order valence-corrected chi connectivity index (χ2v) is 4.74. The molecule has 1 heterocycles. The number of benzene rings is 1. The van der Waals surface area contributed by atoms with Crippen LogP contribution in [0.15, 0.2) is 24.3 Å². The molecule has 3 N–H and O–H groups in total. The van der Waals surface area contributed by atoms with E-state index in [9.17, 15) is 13.2 Å². The number of ether oxygens (including phenoxy) is 1. The number of hydrogen-bond donors (Lipinski definition) is 2. The van der Waals surface area contributed by atoms with Crippen LogP contribution in [0.3, 0.4) is 0 Å². The molecule has 6 heteroatoms. The standard InChI is InChI=1S/C13H17F3N2O/c14-13(15,16)11-5-1-3-9(7-11)12(18-17)10-4-2-6-19-8-10/h1,3,5,7,10,12,18H,2,4,6,8,17H2. The molecular weight excluding hydrogens is 257 g/mol. The van der Waals surface area contributed by atoms with E-state index in [2.05, 4.69) is 5.43 Å². The van der Waals surface area contributed by atoms with Gasteiger partial charge in [-0.2, -0.15) is 13.2 Å². The predicted octanol–water partition coefficient (Wildman–Crippen LogP) is 2.64. The Bertz CT molecular complexity index is 417. The zero-order chi connectivity index (χ0) is 13.9. The van der Waals surface area contributed by atoms with E-state index in [1.54, 1.807) is 6.07 Å². The Kier molecular flexibility index (Phi) is 4.44. The van der Waals surface area contributed by atoms with Gasteiger partial charge in [0.2, 0.25) is 0 Å². The molecule has 3 nitrogen and oxygen atoms in total. The van der Waals surface area contributed by atoms with Crippen LogP contribution in [-0.4, -0.2) is 13.2 Å². The first-order valence-electron chi connectivity index (χ1n) is 6.23. The molecule has 19 heavy (non-hydrogen) atoms. The number of halogens is 3. The van der Waals surface area contributed by atoms with Crippen molar-refractivity contribution in [1.82, 2.24) is 5.43 Å². The molecule has 0 radical (unpaired) electrons. The van der Waals surface area contributed by atoms with E-state index in [-0.39, 0.29) is 12.0 Å². The molecular formula is C13H17F3N2O. The average molecular weight is 274 g/mol. The zero-order valence-corrected chi connectivity index (χ0v) is 10.4. The van der Waals surface area contributed by atoms with Gasteiger partial charge in [0.1, 0.15) is 0 Å². The van der Waals surface area contributed by atoms with Crippen molar-refractivity contribution in [3.63, 3.8) is 0 Å². The van der Waals surface area contributed by atoms with E-state index >= 15 is 0 Å². The van der Waals surface area contributed by atoms with Crippen molar-refractivity contribution in [3.05, 3.63) is 35.4 Å². The third-order valence-corrected chi connectivity index (χ3v) is 3.42. The van der Waals surface area contributed by atoms with E-state index in [1.165, 1.54) is 6.07 Å². The summed E-state index contributed by atoms with van der Waals surface area (Å²) in [6.45, 7) is 1.22. The Morgan fingerprint density at radius 2 is 2.16 bits per heavy atom. The van der Waals surface area contributed by atoms with Crippen molar-refractivity contribution in [2.75, 3.05) is 13.2 Å². The predicted molar refractivity (Wildman–Crippen MR) is 65.1 cm³/mol. The van der Waals surface area contributed by atoms with Crippen LogP contribution in [0.25, 0.3) is 0 Å². The number of nitrogens with one attached hydrogen (secondary N) is 1. The fourth-order valence-corrected chi connectivity index (χ4v) is 2.44. The molecule has 0 spiro atoms. The molecule has 1 aromatic carbocycles. The van der Waals surface area contributed by atoms with E-state index < -0.39 is 11.7 Å². The number of hydrogen-bond acceptors (Lipinski definition) is 3. The lowest BCUT2D eigenvalue weighted by Crippen LogP contribution is -2.37. The first kappa shape index (κ1) is 14.3. The lowest BCUT2D eigenvalue weighted by atomic mass is 9.88. The van der Waals surface area contributed by atoms with Gasteiger partial charge in [0.05, 0.1) is 18.2 Å². The number of rotatable bonds is 3. The van der Waals surface area contributed by atoms with Crippen molar-refractivity contribution in [2.24, 2.45) is 11.8 Å². The Hall–Kier alpha value is -1.11. The van der Waals surface area contributed by atoms with Gasteiger partial charge < -0.3 is 4.74 Å². The molecule has 0 aliphatic carbocycles. The Labute approximate surface area is 109 Å². The molecule has 1 saturated heterocycles. The molecule has 1 aliphatic rings. The number of alkyl halides is 3. The van der Waals surface area contributed by atoms with E-state index in [4.69, 9.17) is 10.6 Å². The zero-order valence-electron chi connectivity index (χ0n) is 10.4. The quantitative estimate of drug-likeness (QED) is 0.658. The fraction of sp³-hybridized carbons (Fsp3) is 0.538. The summed E-state index contributed by atoms with van der Waals surface area (Å²) in [5.74, 6) is 5.61. The van der Waals surface area contributed by atoms with Crippen LogP contribution >= 0.6 is 0 Å². The maximum Gasteiger partial charge on any atom is 0.416 e. The van der Waals surface area contributed by atoms with Gasteiger partial charge in [-0.05, 0) is 30.5 Å². The van der Waals surface area contributed by atoms with E-state index in [0.717, 1.165) is 25.0 Å². The van der Waals surface area contributed by atoms with Crippen molar-refractivity contribution in [3.8, 4) is 0 Å². The molecule has 1 fully saturated rings. The van der Waals surface area contributed by atoms with Crippen LogP contribution in [0, 0.1) is 5.92 Å². The molecule has 1 aromatic rings. The van der Waals surface area contributed by atoms with Gasteiger partial charge in [-0.3, -0.25) is 11.3 Å². The first-order valence-corrected chi connectivity index (χ1v) is 6.23. The Morgan fingerprint density at radius 1 is 1.37 bits per heavy atom. The highest BCUT2D eigenvalue weighted by Gasteiger charge is 2.32. The van der Waals surface area contributed by atoms with Gasteiger partial charge in [0, 0.05) is 12.5 Å². The molecule has 1 aliphatic heterocycles. The largest absolute Gasteiger partial charge is 0.416 e. The highest BCUT2D eigenvalue weighted by Crippen LogP contribution is 2.33. The van der Waals surface area contributed by atoms with Crippen LogP contribution in [0.4, 0.5) is 13.2 Å². The Balaban J connectivity index is 2.22. The summed E-state index contributed by atoms with van der Waals surface area (Å²) in [6.07, 6.45) is -2.54. The molecule has 0 aromatic heterocycles. The maximum absolute atomic E-state index is 12.7. The summed E-state index contributed by atoms with van der Waals surface area (Å²) >= 11 is 0. The smallest absolute Gasteiger partial charge is 0.381 e. The van der Waals surface area contributed by atoms with Gasteiger partial charge in [-0.25, -0.2) is 0 Å². The fourth-order valence-electron chi connectivity index (χ4n) is 2.44. The number of hydrazine groups is 1. The highest BCUT2D eigenvalue weighted by atomic mass is 19.4. The second kappa shape index (κ2) is 5.90. The van der Waals surface area contributed by atoms with Crippen molar-refractivity contribution < 1.29 is 17.9 Å². The van der Waals surface area contributed by atoms with Gasteiger partial charge in [-0.15, -0.1) is 0 Å². The highest BCUT2D eigenvalue weighted by molar-refractivity contribution is 5.28. The van der Waals surface area contributed by atoms with E-state index in [0.29, 0.717) is 18.8 Å². The first-order chi connectivity index (χ1) is 9.02. The van der Waals surface area contributed by atoms with Crippen LogP contribution < -0.4 is 11.3 Å². The lowest BCUT2D eigenvalue weighted by molar-refractivity contribution is -0.137. The summed E-state index contributed by atoms with van der Waals surface area (Å²) in [5, 5.41) is 0. The molecule has 0 amide bonds. The van der Waals surface area contributed by atoms with Crippen molar-refractivity contribution in [1.29, 1.82) is 0 Å². The molecule has 2 unspecified atom stereocenters. The second-order valence-electron chi connectivity index (χ2n) is 4.74. The molecule has 0 saturated carbocycles. The summed E-state index contributed by atoms with van der Waals surface area (Å²) < 4.78 is 43.5. The van der Waals surface area contributed by atoms with E-state index in [1.807, 2.05) is 0 Å². The minimum Gasteiger partial charge on any atom is -0.381 e. The van der Waals surface area contributed by atoms with Crippen molar-refractivity contribution >= 4 is 0 Å². The summed E-state index contributed by atoms with van der Waals surface area (Å²) in [7, 11) is 0. The number of nitrogens with two attached hydrogens (primary N) is 1. The van der Waals surface area contributed by atoms with Crippen LogP contribution in [0.2, 0.25) is 0 Å². The normalized spacial score (nSPS) is 22.2. The van der Waals surface area contributed by atoms with Crippen LogP contribution in [0.5, 0.6) is 0 Å². The van der Waals surface area contributed by atoms with Gasteiger partial charge in [-0.1, -0.05) is 12.1 Å². The minimum atomic E-state index is -4.34. The van der Waals surface area contributed by atoms with Gasteiger partial charge >= 0.3 is 6.18 Å². The third-order valence-electron chi connectivity index (χ3n) is 3.42. The Morgan fingerprint density at radius 3 is 2.74 bits per heavy atom. The molecule has 106 valence electrons. The summed E-state index contributed by atoms with van der Waals surface area (Å²) in [6, 6.07) is 4.97. The SMILES string of the molecule is NNC(c1cccc(C(F)(F)F)c1)C1CCCOC1. The summed E-state index contributed by atoms with van der Waals surface area (Å²) in [5.41, 5.74) is 2.52. The molecule has 0 bridgehead atoms.